The van der Waals surface area contributed by atoms with Crippen LogP contribution in [-0.2, 0) is 20.7 Å². The summed E-state index contributed by atoms with van der Waals surface area (Å²) in [5.74, 6) is -0.428. The smallest absolute Gasteiger partial charge is 0.254 e. The summed E-state index contributed by atoms with van der Waals surface area (Å²) >= 11 is 0. The fraction of sp³-hybridized carbons (Fsp3) is 0.300. The Bertz CT molecular complexity index is 761. The summed E-state index contributed by atoms with van der Waals surface area (Å²) in [5, 5.41) is 2.78. The van der Waals surface area contributed by atoms with Crippen molar-refractivity contribution in [3.63, 3.8) is 0 Å². The minimum absolute atomic E-state index is 0.110. The number of hydrogen-bond donors (Lipinski definition) is 1. The second-order valence-corrected chi connectivity index (χ2v) is 6.13. The van der Waals surface area contributed by atoms with Crippen molar-refractivity contribution >= 4 is 17.5 Å². The summed E-state index contributed by atoms with van der Waals surface area (Å²) in [5.41, 5.74) is 2.85. The van der Waals surface area contributed by atoms with E-state index < -0.39 is 12.1 Å². The molecule has 5 heteroatoms. The SMILES string of the molecule is CO[C@@H](C(=O)N[C@H](C)C(=O)N1CCc2ccccc21)c1ccccc1. The molecule has 5 nitrogen and oxygen atoms in total. The average molecular weight is 338 g/mol. The van der Waals surface area contributed by atoms with Crippen molar-refractivity contribution in [2.75, 3.05) is 18.6 Å². The van der Waals surface area contributed by atoms with Crippen molar-refractivity contribution in [2.45, 2.75) is 25.5 Å². The van der Waals surface area contributed by atoms with Gasteiger partial charge in [-0.15, -0.1) is 0 Å². The molecule has 2 aromatic carbocycles. The van der Waals surface area contributed by atoms with Crippen LogP contribution >= 0.6 is 0 Å². The van der Waals surface area contributed by atoms with Crippen LogP contribution in [0, 0.1) is 0 Å². The van der Waals surface area contributed by atoms with Gasteiger partial charge in [0.1, 0.15) is 6.04 Å². The molecular formula is C20H22N2O3. The number of carbonyl (C=O) groups is 2. The number of anilines is 1. The number of nitrogens with one attached hydrogen (secondary N) is 1. The Hall–Kier alpha value is -2.66. The highest BCUT2D eigenvalue weighted by molar-refractivity contribution is 6.00. The highest BCUT2D eigenvalue weighted by Gasteiger charge is 2.30. The summed E-state index contributed by atoms with van der Waals surface area (Å²) in [6.45, 7) is 2.35. The van der Waals surface area contributed by atoms with Crippen LogP contribution in [0.3, 0.4) is 0 Å². The van der Waals surface area contributed by atoms with E-state index in [1.54, 1.807) is 11.8 Å². The van der Waals surface area contributed by atoms with Gasteiger partial charge in [-0.25, -0.2) is 0 Å². The summed E-state index contributed by atoms with van der Waals surface area (Å²) in [7, 11) is 1.49. The van der Waals surface area contributed by atoms with Crippen LogP contribution < -0.4 is 10.2 Å². The van der Waals surface area contributed by atoms with Crippen LogP contribution in [-0.4, -0.2) is 31.5 Å². The van der Waals surface area contributed by atoms with Gasteiger partial charge in [0.15, 0.2) is 6.10 Å². The van der Waals surface area contributed by atoms with Crippen LogP contribution in [0.5, 0.6) is 0 Å². The molecule has 1 aliphatic rings. The van der Waals surface area contributed by atoms with Gasteiger partial charge in [-0.3, -0.25) is 9.59 Å². The summed E-state index contributed by atoms with van der Waals surface area (Å²) < 4.78 is 5.32. The first kappa shape index (κ1) is 17.2. The topological polar surface area (TPSA) is 58.6 Å². The number of fused-ring (bicyclic) bond motifs is 1. The summed E-state index contributed by atoms with van der Waals surface area (Å²) in [6, 6.07) is 16.5. The molecular weight excluding hydrogens is 316 g/mol. The number of para-hydroxylation sites is 1. The molecule has 130 valence electrons. The number of carbonyl (C=O) groups excluding carboxylic acids is 2. The normalized spacial score (nSPS) is 15.4. The van der Waals surface area contributed by atoms with Crippen molar-refractivity contribution in [3.8, 4) is 0 Å². The number of hydrogen-bond acceptors (Lipinski definition) is 3. The van der Waals surface area contributed by atoms with Gasteiger partial charge in [0.2, 0.25) is 5.91 Å². The van der Waals surface area contributed by atoms with Crippen LogP contribution in [0.4, 0.5) is 5.69 Å². The van der Waals surface area contributed by atoms with E-state index in [2.05, 4.69) is 5.32 Å². The van der Waals surface area contributed by atoms with Gasteiger partial charge in [-0.05, 0) is 30.5 Å². The van der Waals surface area contributed by atoms with Gasteiger partial charge in [0.05, 0.1) is 0 Å². The van der Waals surface area contributed by atoms with Crippen molar-refractivity contribution in [1.82, 2.24) is 5.32 Å². The van der Waals surface area contributed by atoms with Gasteiger partial charge in [0, 0.05) is 19.3 Å². The number of methoxy groups -OCH3 is 1. The number of ether oxygens (including phenoxy) is 1. The Morgan fingerprint density at radius 2 is 1.76 bits per heavy atom. The largest absolute Gasteiger partial charge is 0.367 e. The zero-order valence-electron chi connectivity index (χ0n) is 14.4. The van der Waals surface area contributed by atoms with Crippen LogP contribution in [0.1, 0.15) is 24.2 Å². The van der Waals surface area contributed by atoms with Gasteiger partial charge >= 0.3 is 0 Å². The first-order chi connectivity index (χ1) is 12.1. The van der Waals surface area contributed by atoms with Crippen LogP contribution in [0.15, 0.2) is 54.6 Å². The number of nitrogens with zero attached hydrogens (tertiary/aromatic N) is 1. The Morgan fingerprint density at radius 1 is 1.08 bits per heavy atom. The van der Waals surface area contributed by atoms with E-state index in [0.29, 0.717) is 6.54 Å². The molecule has 1 N–H and O–H groups in total. The lowest BCUT2D eigenvalue weighted by atomic mass is 10.1. The van der Waals surface area contributed by atoms with E-state index in [9.17, 15) is 9.59 Å². The average Bonchev–Trinajstić information content (AvgIpc) is 3.06. The fourth-order valence-electron chi connectivity index (χ4n) is 3.17. The molecule has 25 heavy (non-hydrogen) atoms. The third-order valence-corrected chi connectivity index (χ3v) is 4.46. The van der Waals surface area contributed by atoms with Gasteiger partial charge < -0.3 is 15.0 Å². The predicted octanol–water partition coefficient (Wildman–Crippen LogP) is 2.47. The van der Waals surface area contributed by atoms with Gasteiger partial charge in [-0.1, -0.05) is 48.5 Å². The molecule has 0 bridgehead atoms. The Morgan fingerprint density at radius 3 is 2.48 bits per heavy atom. The number of amides is 2. The molecule has 0 unspecified atom stereocenters. The highest BCUT2D eigenvalue weighted by Crippen LogP contribution is 2.28. The molecule has 0 fully saturated rings. The van der Waals surface area contributed by atoms with Crippen LogP contribution in [0.25, 0.3) is 0 Å². The molecule has 2 amide bonds. The predicted molar refractivity (Wildman–Crippen MR) is 96.3 cm³/mol. The molecule has 1 aliphatic heterocycles. The zero-order chi connectivity index (χ0) is 17.8. The number of benzene rings is 2. The highest BCUT2D eigenvalue weighted by atomic mass is 16.5. The molecule has 0 aromatic heterocycles. The molecule has 0 saturated heterocycles. The lowest BCUT2D eigenvalue weighted by molar-refractivity contribution is -0.134. The lowest BCUT2D eigenvalue weighted by Crippen LogP contribution is -2.48. The van der Waals surface area contributed by atoms with E-state index >= 15 is 0 Å². The maximum atomic E-state index is 12.8. The quantitative estimate of drug-likeness (QED) is 0.911. The monoisotopic (exact) mass is 338 g/mol. The standard InChI is InChI=1S/C20H22N2O3/c1-14(20(24)22-13-12-15-8-6-7-11-17(15)22)21-19(23)18(25-2)16-9-4-3-5-10-16/h3-11,14,18H,12-13H2,1-2H3,(H,21,23)/t14-,18-/m1/s1. The van der Waals surface area contributed by atoms with Crippen LogP contribution in [0.2, 0.25) is 0 Å². The van der Waals surface area contributed by atoms with Crippen molar-refractivity contribution < 1.29 is 14.3 Å². The molecule has 0 saturated carbocycles. The maximum Gasteiger partial charge on any atom is 0.254 e. The van der Waals surface area contributed by atoms with Gasteiger partial charge in [0.25, 0.3) is 5.91 Å². The van der Waals surface area contributed by atoms with Crippen molar-refractivity contribution in [3.05, 3.63) is 65.7 Å². The second kappa shape index (κ2) is 7.49. The first-order valence-corrected chi connectivity index (χ1v) is 8.39. The summed E-state index contributed by atoms with van der Waals surface area (Å²) in [6.07, 6.45) is 0.107. The molecule has 0 aliphatic carbocycles. The molecule has 1 heterocycles. The first-order valence-electron chi connectivity index (χ1n) is 8.39. The molecule has 2 aromatic rings. The van der Waals surface area contributed by atoms with Gasteiger partial charge in [-0.2, -0.15) is 0 Å². The maximum absolute atomic E-state index is 12.8. The van der Waals surface area contributed by atoms with Crippen molar-refractivity contribution in [2.24, 2.45) is 0 Å². The lowest BCUT2D eigenvalue weighted by Gasteiger charge is -2.24. The minimum Gasteiger partial charge on any atom is -0.367 e. The van der Waals surface area contributed by atoms with E-state index in [-0.39, 0.29) is 11.8 Å². The molecule has 0 spiro atoms. The minimum atomic E-state index is -0.734. The molecule has 3 rings (SSSR count). The van der Waals surface area contributed by atoms with Crippen molar-refractivity contribution in [1.29, 1.82) is 0 Å². The van der Waals surface area contributed by atoms with E-state index in [0.717, 1.165) is 23.2 Å². The molecule has 2 atom stereocenters. The number of rotatable bonds is 5. The Kier molecular flexibility index (Phi) is 5.14. The summed E-state index contributed by atoms with van der Waals surface area (Å²) in [4.78, 5) is 27.0. The zero-order valence-corrected chi connectivity index (χ0v) is 14.4. The third kappa shape index (κ3) is 3.56. The molecule has 0 radical (unpaired) electrons. The third-order valence-electron chi connectivity index (χ3n) is 4.46. The van der Waals surface area contributed by atoms with E-state index in [1.807, 2.05) is 54.6 Å². The van der Waals surface area contributed by atoms with E-state index in [1.165, 1.54) is 7.11 Å². The Labute approximate surface area is 147 Å². The second-order valence-electron chi connectivity index (χ2n) is 6.13. The Balaban J connectivity index is 1.68. The van der Waals surface area contributed by atoms with E-state index in [4.69, 9.17) is 4.74 Å². The fourth-order valence-corrected chi connectivity index (χ4v) is 3.17.